The van der Waals surface area contributed by atoms with Gasteiger partial charge in [-0.1, -0.05) is 29.8 Å². The quantitative estimate of drug-likeness (QED) is 0.319. The van der Waals surface area contributed by atoms with Crippen molar-refractivity contribution in [1.82, 2.24) is 4.90 Å². The first kappa shape index (κ1) is 22.8. The van der Waals surface area contributed by atoms with E-state index in [0.29, 0.717) is 5.56 Å². The molecule has 0 radical (unpaired) electrons. The molecule has 1 amide bonds. The minimum atomic E-state index is -0.373. The number of aryl methyl sites for hydroxylation is 1. The molecule has 0 spiro atoms. The van der Waals surface area contributed by atoms with E-state index in [-0.39, 0.29) is 76.4 Å². The second-order valence-electron chi connectivity index (χ2n) is 6.06. The SMILES string of the molecule is CCOC(=O)CCN(CCOCCO)C(=O)CCC(=O)c1ccc(C)cc1. The predicted octanol–water partition coefficient (Wildman–Crippen LogP) is 1.75. The first-order valence-electron chi connectivity index (χ1n) is 9.19. The van der Waals surface area contributed by atoms with Crippen molar-refractivity contribution >= 4 is 17.7 Å². The molecular formula is C20H29NO6. The normalized spacial score (nSPS) is 10.5. The maximum absolute atomic E-state index is 12.5. The molecule has 1 aromatic carbocycles. The molecule has 150 valence electrons. The second kappa shape index (κ2) is 13.0. The number of ether oxygens (including phenoxy) is 2. The topological polar surface area (TPSA) is 93.1 Å². The van der Waals surface area contributed by atoms with Crippen molar-refractivity contribution < 1.29 is 29.0 Å². The van der Waals surface area contributed by atoms with Gasteiger partial charge in [0.15, 0.2) is 5.78 Å². The Balaban J connectivity index is 2.55. The molecule has 0 atom stereocenters. The highest BCUT2D eigenvalue weighted by Crippen LogP contribution is 2.09. The van der Waals surface area contributed by atoms with Crippen LogP contribution < -0.4 is 0 Å². The van der Waals surface area contributed by atoms with Gasteiger partial charge in [-0.3, -0.25) is 14.4 Å². The number of carbonyl (C=O) groups excluding carboxylic acids is 3. The summed E-state index contributed by atoms with van der Waals surface area (Å²) in [6.07, 6.45) is 0.260. The molecule has 1 rings (SSSR count). The molecule has 0 saturated heterocycles. The monoisotopic (exact) mass is 379 g/mol. The minimum absolute atomic E-state index is 0.0650. The number of amides is 1. The number of hydrogen-bond acceptors (Lipinski definition) is 6. The largest absolute Gasteiger partial charge is 0.466 e. The Labute approximate surface area is 160 Å². The van der Waals surface area contributed by atoms with E-state index >= 15 is 0 Å². The summed E-state index contributed by atoms with van der Waals surface area (Å²) in [5.74, 6) is -0.681. The summed E-state index contributed by atoms with van der Waals surface area (Å²) >= 11 is 0. The summed E-state index contributed by atoms with van der Waals surface area (Å²) in [6.45, 7) is 4.79. The van der Waals surface area contributed by atoms with Crippen molar-refractivity contribution in [3.8, 4) is 0 Å². The molecule has 0 aliphatic rings. The first-order chi connectivity index (χ1) is 13.0. The lowest BCUT2D eigenvalue weighted by Gasteiger charge is -2.22. The van der Waals surface area contributed by atoms with E-state index < -0.39 is 0 Å². The molecule has 7 heteroatoms. The van der Waals surface area contributed by atoms with Gasteiger partial charge < -0.3 is 19.5 Å². The number of aliphatic hydroxyl groups excluding tert-OH is 1. The zero-order chi connectivity index (χ0) is 20.1. The van der Waals surface area contributed by atoms with E-state index in [4.69, 9.17) is 14.6 Å². The van der Waals surface area contributed by atoms with E-state index in [1.807, 2.05) is 19.1 Å². The Morgan fingerprint density at radius 3 is 2.33 bits per heavy atom. The summed E-state index contributed by atoms with van der Waals surface area (Å²) in [5, 5.41) is 8.74. The Bertz CT molecular complexity index is 599. The number of carbonyl (C=O) groups is 3. The number of esters is 1. The van der Waals surface area contributed by atoms with E-state index in [1.54, 1.807) is 19.1 Å². The van der Waals surface area contributed by atoms with E-state index in [2.05, 4.69) is 0 Å². The van der Waals surface area contributed by atoms with Crippen LogP contribution in [0.5, 0.6) is 0 Å². The van der Waals surface area contributed by atoms with Gasteiger partial charge in [0, 0.05) is 31.5 Å². The van der Waals surface area contributed by atoms with E-state index in [0.717, 1.165) is 5.56 Å². The Kier molecular flexibility index (Phi) is 11.0. The van der Waals surface area contributed by atoms with Crippen molar-refractivity contribution in [3.63, 3.8) is 0 Å². The summed E-state index contributed by atoms with van der Waals surface area (Å²) < 4.78 is 10.1. The van der Waals surface area contributed by atoms with Crippen LogP contribution in [-0.2, 0) is 19.1 Å². The molecule has 7 nitrogen and oxygen atoms in total. The van der Waals surface area contributed by atoms with Gasteiger partial charge in [0.1, 0.15) is 0 Å². The third-order valence-electron chi connectivity index (χ3n) is 3.92. The minimum Gasteiger partial charge on any atom is -0.466 e. The first-order valence-corrected chi connectivity index (χ1v) is 9.19. The number of Topliss-reactive ketones (excluding diaryl/α,β-unsaturated/α-hetero) is 1. The van der Waals surface area contributed by atoms with Gasteiger partial charge in [0.05, 0.1) is 32.8 Å². The number of rotatable bonds is 13. The second-order valence-corrected chi connectivity index (χ2v) is 6.06. The standard InChI is InChI=1S/C20H29NO6/c1-3-27-20(25)10-11-21(12-14-26-15-13-22)19(24)9-8-18(23)17-6-4-16(2)5-7-17/h4-7,22H,3,8-15H2,1-2H3. The molecule has 0 saturated carbocycles. The van der Waals surface area contributed by atoms with Crippen LogP contribution in [0.2, 0.25) is 0 Å². The number of benzene rings is 1. The summed E-state index contributed by atoms with van der Waals surface area (Å²) in [6, 6.07) is 7.23. The van der Waals surface area contributed by atoms with Crippen LogP contribution in [0.3, 0.4) is 0 Å². The molecule has 27 heavy (non-hydrogen) atoms. The van der Waals surface area contributed by atoms with Gasteiger partial charge in [0.2, 0.25) is 5.91 Å². The number of hydrogen-bond donors (Lipinski definition) is 1. The maximum Gasteiger partial charge on any atom is 0.307 e. The molecule has 0 aromatic heterocycles. The predicted molar refractivity (Wildman–Crippen MR) is 100 cm³/mol. The van der Waals surface area contributed by atoms with Crippen molar-refractivity contribution in [2.75, 3.05) is 39.5 Å². The van der Waals surface area contributed by atoms with Crippen LogP contribution in [-0.4, -0.2) is 67.2 Å². The van der Waals surface area contributed by atoms with Crippen LogP contribution in [0.1, 0.15) is 42.1 Å². The fraction of sp³-hybridized carbons (Fsp3) is 0.550. The van der Waals surface area contributed by atoms with Crippen molar-refractivity contribution in [2.45, 2.75) is 33.1 Å². The van der Waals surface area contributed by atoms with Crippen molar-refractivity contribution in [2.24, 2.45) is 0 Å². The molecule has 0 bridgehead atoms. The highest BCUT2D eigenvalue weighted by atomic mass is 16.5. The lowest BCUT2D eigenvalue weighted by atomic mass is 10.0. The molecule has 0 aliphatic carbocycles. The van der Waals surface area contributed by atoms with E-state index in [9.17, 15) is 14.4 Å². The molecular weight excluding hydrogens is 350 g/mol. The van der Waals surface area contributed by atoms with Crippen LogP contribution >= 0.6 is 0 Å². The third kappa shape index (κ3) is 9.30. The molecule has 0 heterocycles. The van der Waals surface area contributed by atoms with Crippen LogP contribution in [0.4, 0.5) is 0 Å². The molecule has 1 aromatic rings. The summed E-state index contributed by atoms with van der Waals surface area (Å²) in [5.41, 5.74) is 1.65. The van der Waals surface area contributed by atoms with Gasteiger partial charge in [-0.2, -0.15) is 0 Å². The van der Waals surface area contributed by atoms with Gasteiger partial charge >= 0.3 is 5.97 Å². The smallest absolute Gasteiger partial charge is 0.307 e. The van der Waals surface area contributed by atoms with Crippen LogP contribution in [0.25, 0.3) is 0 Å². The van der Waals surface area contributed by atoms with Crippen LogP contribution in [0, 0.1) is 6.92 Å². The van der Waals surface area contributed by atoms with Gasteiger partial charge in [-0.05, 0) is 13.8 Å². The van der Waals surface area contributed by atoms with Crippen molar-refractivity contribution in [3.05, 3.63) is 35.4 Å². The molecule has 0 fully saturated rings. The average Bonchev–Trinajstić information content (AvgIpc) is 2.66. The highest BCUT2D eigenvalue weighted by Gasteiger charge is 2.17. The van der Waals surface area contributed by atoms with E-state index in [1.165, 1.54) is 4.90 Å². The Hall–Kier alpha value is -2.25. The number of ketones is 1. The summed E-state index contributed by atoms with van der Waals surface area (Å²) in [7, 11) is 0. The molecule has 0 aliphatic heterocycles. The summed E-state index contributed by atoms with van der Waals surface area (Å²) in [4.78, 5) is 37.8. The molecule has 1 N–H and O–H groups in total. The number of aliphatic hydroxyl groups is 1. The van der Waals surface area contributed by atoms with Gasteiger partial charge in [0.25, 0.3) is 0 Å². The maximum atomic E-state index is 12.5. The van der Waals surface area contributed by atoms with Gasteiger partial charge in [-0.25, -0.2) is 0 Å². The third-order valence-corrected chi connectivity index (χ3v) is 3.92. The highest BCUT2D eigenvalue weighted by molar-refractivity contribution is 5.98. The zero-order valence-electron chi connectivity index (χ0n) is 16.1. The Morgan fingerprint density at radius 1 is 1.00 bits per heavy atom. The lowest BCUT2D eigenvalue weighted by molar-refractivity contribution is -0.144. The van der Waals surface area contributed by atoms with Gasteiger partial charge in [-0.15, -0.1) is 0 Å². The lowest BCUT2D eigenvalue weighted by Crippen LogP contribution is -2.36. The Morgan fingerprint density at radius 2 is 1.70 bits per heavy atom. The zero-order valence-corrected chi connectivity index (χ0v) is 16.1. The fourth-order valence-electron chi connectivity index (χ4n) is 2.42. The molecule has 0 unspecified atom stereocenters. The fourth-order valence-corrected chi connectivity index (χ4v) is 2.42. The van der Waals surface area contributed by atoms with Crippen molar-refractivity contribution in [1.29, 1.82) is 0 Å². The average molecular weight is 379 g/mol. The van der Waals surface area contributed by atoms with Crippen LogP contribution in [0.15, 0.2) is 24.3 Å². The number of nitrogens with zero attached hydrogens (tertiary/aromatic N) is 1.